The molecule has 0 saturated carbocycles. The Kier molecular flexibility index (Phi) is 3.86. The lowest BCUT2D eigenvalue weighted by molar-refractivity contribution is 0.405. The van der Waals surface area contributed by atoms with Crippen molar-refractivity contribution < 1.29 is 8.91 Å². The molecule has 0 aliphatic carbocycles. The van der Waals surface area contributed by atoms with Crippen molar-refractivity contribution >= 4 is 15.9 Å². The van der Waals surface area contributed by atoms with Crippen LogP contribution in [0.5, 0.6) is 0 Å². The fourth-order valence-corrected chi connectivity index (χ4v) is 1.81. The summed E-state index contributed by atoms with van der Waals surface area (Å²) in [5, 5.41) is 6.92. The number of aromatic nitrogens is 2. The minimum atomic E-state index is -0.265. The van der Waals surface area contributed by atoms with E-state index in [0.29, 0.717) is 16.8 Å². The highest BCUT2D eigenvalue weighted by atomic mass is 79.9. The molecule has 0 saturated heterocycles. The molecule has 0 fully saturated rings. The Morgan fingerprint density at radius 3 is 3.00 bits per heavy atom. The van der Waals surface area contributed by atoms with Gasteiger partial charge < -0.3 is 9.84 Å². The van der Waals surface area contributed by atoms with Gasteiger partial charge in [0, 0.05) is 6.04 Å². The van der Waals surface area contributed by atoms with Gasteiger partial charge in [0.05, 0.1) is 11.0 Å². The standard InChI is InChI=1S/C11H11BrFN3O/c1-7(14-5-11-15-6-17-16-11)8-2-3-10(13)9(12)4-8/h2-4,6-7,14H,5H2,1H3. The molecule has 2 rings (SSSR count). The van der Waals surface area contributed by atoms with Crippen LogP contribution in [0, 0.1) is 5.82 Å². The second-order valence-corrected chi connectivity index (χ2v) is 4.48. The van der Waals surface area contributed by atoms with E-state index in [1.54, 1.807) is 12.1 Å². The van der Waals surface area contributed by atoms with Crippen LogP contribution in [0.25, 0.3) is 0 Å². The second-order valence-electron chi connectivity index (χ2n) is 3.62. The van der Waals surface area contributed by atoms with Gasteiger partial charge >= 0.3 is 0 Å². The third-order valence-corrected chi connectivity index (χ3v) is 3.02. The summed E-state index contributed by atoms with van der Waals surface area (Å²) in [6.45, 7) is 2.49. The molecule has 0 aliphatic rings. The van der Waals surface area contributed by atoms with Crippen LogP contribution in [0.15, 0.2) is 33.6 Å². The van der Waals surface area contributed by atoms with Crippen LogP contribution < -0.4 is 5.32 Å². The average Bonchev–Trinajstić information content (AvgIpc) is 2.82. The molecule has 2 aromatic rings. The van der Waals surface area contributed by atoms with Crippen molar-refractivity contribution in [2.45, 2.75) is 19.5 Å². The Bertz CT molecular complexity index is 489. The van der Waals surface area contributed by atoms with Gasteiger partial charge in [0.25, 0.3) is 0 Å². The van der Waals surface area contributed by atoms with Gasteiger partial charge in [-0.3, -0.25) is 0 Å². The van der Waals surface area contributed by atoms with Gasteiger partial charge in [-0.05, 0) is 40.5 Å². The number of hydrogen-bond donors (Lipinski definition) is 1. The Labute approximate surface area is 106 Å². The largest absolute Gasteiger partial charge is 0.343 e. The van der Waals surface area contributed by atoms with Crippen LogP contribution >= 0.6 is 15.9 Å². The number of halogens is 2. The molecule has 1 N–H and O–H groups in total. The van der Waals surface area contributed by atoms with Gasteiger partial charge in [0.15, 0.2) is 5.82 Å². The third kappa shape index (κ3) is 3.10. The van der Waals surface area contributed by atoms with Gasteiger partial charge in [-0.15, -0.1) is 0 Å². The first kappa shape index (κ1) is 12.2. The number of benzene rings is 1. The Hall–Kier alpha value is -1.27. The summed E-state index contributed by atoms with van der Waals surface area (Å²) in [6.07, 6.45) is 1.29. The van der Waals surface area contributed by atoms with Crippen LogP contribution in [-0.4, -0.2) is 10.1 Å². The molecule has 0 amide bonds. The van der Waals surface area contributed by atoms with Crippen LogP contribution in [0.1, 0.15) is 24.4 Å². The van der Waals surface area contributed by atoms with E-state index >= 15 is 0 Å². The molecule has 0 bridgehead atoms. The van der Waals surface area contributed by atoms with Gasteiger partial charge in [0.1, 0.15) is 5.82 Å². The Balaban J connectivity index is 1.99. The molecule has 0 radical (unpaired) electrons. The van der Waals surface area contributed by atoms with Crippen molar-refractivity contribution in [3.8, 4) is 0 Å². The van der Waals surface area contributed by atoms with E-state index in [9.17, 15) is 4.39 Å². The molecule has 6 heteroatoms. The highest BCUT2D eigenvalue weighted by molar-refractivity contribution is 9.10. The normalized spacial score (nSPS) is 12.6. The lowest BCUT2D eigenvalue weighted by Crippen LogP contribution is -2.18. The SMILES string of the molecule is CC(NCc1ncon1)c1ccc(F)c(Br)c1. The maximum Gasteiger partial charge on any atom is 0.213 e. The molecular weight excluding hydrogens is 289 g/mol. The van der Waals surface area contributed by atoms with E-state index in [1.807, 2.05) is 6.92 Å². The number of nitrogens with zero attached hydrogens (tertiary/aromatic N) is 2. The summed E-state index contributed by atoms with van der Waals surface area (Å²) in [6, 6.07) is 5.01. The summed E-state index contributed by atoms with van der Waals surface area (Å²) in [4.78, 5) is 3.90. The van der Waals surface area contributed by atoms with Gasteiger partial charge in [-0.2, -0.15) is 4.98 Å². The lowest BCUT2D eigenvalue weighted by atomic mass is 10.1. The van der Waals surface area contributed by atoms with Crippen molar-refractivity contribution in [3.63, 3.8) is 0 Å². The number of nitrogens with one attached hydrogen (secondary N) is 1. The van der Waals surface area contributed by atoms with Gasteiger partial charge in [0.2, 0.25) is 6.39 Å². The minimum Gasteiger partial charge on any atom is -0.343 e. The summed E-state index contributed by atoms with van der Waals surface area (Å²) in [5.74, 6) is 0.331. The summed E-state index contributed by atoms with van der Waals surface area (Å²) in [7, 11) is 0. The summed E-state index contributed by atoms with van der Waals surface area (Å²) < 4.78 is 18.2. The zero-order valence-corrected chi connectivity index (χ0v) is 10.7. The first-order valence-corrected chi connectivity index (χ1v) is 5.89. The summed E-state index contributed by atoms with van der Waals surface area (Å²) in [5.41, 5.74) is 0.988. The number of rotatable bonds is 4. The lowest BCUT2D eigenvalue weighted by Gasteiger charge is -2.13. The van der Waals surface area contributed by atoms with Crippen molar-refractivity contribution in [2.75, 3.05) is 0 Å². The molecule has 0 spiro atoms. The van der Waals surface area contributed by atoms with Gasteiger partial charge in [-0.1, -0.05) is 11.2 Å². The van der Waals surface area contributed by atoms with Gasteiger partial charge in [-0.25, -0.2) is 4.39 Å². The smallest absolute Gasteiger partial charge is 0.213 e. The zero-order valence-electron chi connectivity index (χ0n) is 9.15. The Morgan fingerprint density at radius 2 is 2.35 bits per heavy atom. The topological polar surface area (TPSA) is 51.0 Å². The average molecular weight is 300 g/mol. The first-order valence-electron chi connectivity index (χ1n) is 5.10. The predicted molar refractivity (Wildman–Crippen MR) is 63.7 cm³/mol. The second kappa shape index (κ2) is 5.37. The third-order valence-electron chi connectivity index (χ3n) is 2.42. The van der Waals surface area contributed by atoms with E-state index in [-0.39, 0.29) is 11.9 Å². The Morgan fingerprint density at radius 1 is 1.53 bits per heavy atom. The van der Waals surface area contributed by atoms with E-state index < -0.39 is 0 Å². The van der Waals surface area contributed by atoms with Crippen molar-refractivity contribution in [2.24, 2.45) is 0 Å². The zero-order chi connectivity index (χ0) is 12.3. The van der Waals surface area contributed by atoms with Crippen LogP contribution in [0.2, 0.25) is 0 Å². The molecule has 0 aliphatic heterocycles. The summed E-state index contributed by atoms with van der Waals surface area (Å²) >= 11 is 3.16. The molecule has 90 valence electrons. The highest BCUT2D eigenvalue weighted by Crippen LogP contribution is 2.21. The molecule has 1 aromatic heterocycles. The monoisotopic (exact) mass is 299 g/mol. The quantitative estimate of drug-likeness (QED) is 0.943. The molecule has 1 heterocycles. The van der Waals surface area contributed by atoms with E-state index in [2.05, 4.69) is 35.9 Å². The van der Waals surface area contributed by atoms with E-state index in [0.717, 1.165) is 5.56 Å². The van der Waals surface area contributed by atoms with Crippen LogP contribution in [0.4, 0.5) is 4.39 Å². The van der Waals surface area contributed by atoms with E-state index in [4.69, 9.17) is 0 Å². The fourth-order valence-electron chi connectivity index (χ4n) is 1.41. The van der Waals surface area contributed by atoms with Crippen LogP contribution in [-0.2, 0) is 6.54 Å². The molecule has 17 heavy (non-hydrogen) atoms. The van der Waals surface area contributed by atoms with Crippen molar-refractivity contribution in [1.82, 2.24) is 15.5 Å². The molecular formula is C11H11BrFN3O. The van der Waals surface area contributed by atoms with Crippen LogP contribution in [0.3, 0.4) is 0 Å². The van der Waals surface area contributed by atoms with Crippen molar-refractivity contribution in [3.05, 3.63) is 46.3 Å². The predicted octanol–water partition coefficient (Wildman–Crippen LogP) is 2.82. The molecule has 1 unspecified atom stereocenters. The molecule has 4 nitrogen and oxygen atoms in total. The molecule has 1 aromatic carbocycles. The first-order chi connectivity index (χ1) is 8.16. The van der Waals surface area contributed by atoms with Crippen molar-refractivity contribution in [1.29, 1.82) is 0 Å². The molecule has 1 atom stereocenters. The van der Waals surface area contributed by atoms with E-state index in [1.165, 1.54) is 12.5 Å². The highest BCUT2D eigenvalue weighted by Gasteiger charge is 2.08. The minimum absolute atomic E-state index is 0.0744. The maximum absolute atomic E-state index is 13.1. The maximum atomic E-state index is 13.1. The fraction of sp³-hybridized carbons (Fsp3) is 0.273. The number of hydrogen-bond acceptors (Lipinski definition) is 4.